The number of nitrogens with zero attached hydrogens (tertiary/aromatic N) is 1. The molecule has 5 heteroatoms. The van der Waals surface area contributed by atoms with Gasteiger partial charge in [0.2, 0.25) is 0 Å². The molecular weight excluding hydrogens is 258 g/mol. The van der Waals surface area contributed by atoms with E-state index in [1.54, 1.807) is 31.2 Å². The van der Waals surface area contributed by atoms with Gasteiger partial charge in [-0.25, -0.2) is 4.79 Å². The molecule has 0 unspecified atom stereocenters. The van der Waals surface area contributed by atoms with E-state index in [1.807, 2.05) is 0 Å². The molecule has 0 amide bonds. The first-order valence-corrected chi connectivity index (χ1v) is 5.88. The minimum atomic E-state index is -0.464. The van der Waals surface area contributed by atoms with Crippen LogP contribution in [0.15, 0.2) is 28.9 Å². The lowest BCUT2D eigenvalue weighted by Crippen LogP contribution is -2.02. The molecule has 0 aromatic heterocycles. The van der Waals surface area contributed by atoms with Crippen LogP contribution < -0.4 is 9.47 Å². The number of rotatable bonds is 4. The third kappa shape index (κ3) is 2.81. The zero-order valence-electron chi connectivity index (χ0n) is 11.2. The van der Waals surface area contributed by atoms with Crippen LogP contribution in [0.1, 0.15) is 12.5 Å². The molecule has 0 bridgehead atoms. The number of carbonyl (C=O) groups excluding carboxylic acids is 1. The van der Waals surface area contributed by atoms with Crippen molar-refractivity contribution in [2.45, 2.75) is 6.92 Å². The van der Waals surface area contributed by atoms with Gasteiger partial charge >= 0.3 is 5.97 Å². The normalized spacial score (nSPS) is 15.6. The fourth-order valence-corrected chi connectivity index (χ4v) is 1.70. The van der Waals surface area contributed by atoms with Crippen molar-refractivity contribution >= 4 is 17.8 Å². The number of hydrogen-bond donors (Lipinski definition) is 0. The zero-order valence-corrected chi connectivity index (χ0v) is 11.2. The van der Waals surface area contributed by atoms with Crippen LogP contribution in [0.3, 0.4) is 0 Å². The number of hydrogen-bond acceptors (Lipinski definition) is 5. The van der Waals surface area contributed by atoms with E-state index in [4.69, 9.17) is 15.9 Å². The predicted molar refractivity (Wildman–Crippen MR) is 74.5 cm³/mol. The Morgan fingerprint density at radius 1 is 1.45 bits per heavy atom. The van der Waals surface area contributed by atoms with Crippen LogP contribution in [0.4, 0.5) is 0 Å². The summed E-state index contributed by atoms with van der Waals surface area (Å²) in [6.45, 7) is 1.87. The molecule has 1 aliphatic heterocycles. The molecule has 0 spiro atoms. The number of oxime groups is 1. The van der Waals surface area contributed by atoms with E-state index in [0.29, 0.717) is 22.8 Å². The molecule has 0 N–H and O–H groups in total. The minimum Gasteiger partial charge on any atom is -0.493 e. The number of benzene rings is 1. The number of terminal acetylenes is 1. The van der Waals surface area contributed by atoms with Crippen molar-refractivity contribution in [2.24, 2.45) is 5.16 Å². The van der Waals surface area contributed by atoms with E-state index < -0.39 is 5.97 Å². The highest BCUT2D eigenvalue weighted by atomic mass is 16.7. The standard InChI is InChI=1S/C15H13NO4/c1-4-7-19-13-6-5-11(9-14(13)18-3)8-12-10(2)16-20-15(12)17/h1,5-6,8-9H,7H2,2-3H3/b12-8+. The Morgan fingerprint density at radius 2 is 2.25 bits per heavy atom. The molecule has 1 aliphatic rings. The highest BCUT2D eigenvalue weighted by Crippen LogP contribution is 2.29. The number of ether oxygens (including phenoxy) is 2. The van der Waals surface area contributed by atoms with Gasteiger partial charge in [0.05, 0.1) is 18.4 Å². The van der Waals surface area contributed by atoms with Crippen molar-refractivity contribution in [1.82, 2.24) is 0 Å². The van der Waals surface area contributed by atoms with Gasteiger partial charge in [-0.05, 0) is 30.7 Å². The summed E-state index contributed by atoms with van der Waals surface area (Å²) < 4.78 is 10.6. The topological polar surface area (TPSA) is 57.1 Å². The summed E-state index contributed by atoms with van der Waals surface area (Å²) in [5, 5.41) is 3.62. The average Bonchev–Trinajstić information content (AvgIpc) is 2.77. The molecule has 1 aromatic carbocycles. The number of methoxy groups -OCH3 is 1. The van der Waals surface area contributed by atoms with Crippen molar-refractivity contribution in [2.75, 3.05) is 13.7 Å². The molecule has 0 fully saturated rings. The van der Waals surface area contributed by atoms with Gasteiger partial charge in [0.15, 0.2) is 11.5 Å². The Bertz CT molecular complexity index is 638. The molecule has 0 saturated carbocycles. The lowest BCUT2D eigenvalue weighted by Gasteiger charge is -2.09. The molecular formula is C15H13NO4. The summed E-state index contributed by atoms with van der Waals surface area (Å²) in [5.41, 5.74) is 1.74. The Balaban J connectivity index is 2.31. The summed E-state index contributed by atoms with van der Waals surface area (Å²) in [5.74, 6) is 3.01. The zero-order chi connectivity index (χ0) is 14.5. The van der Waals surface area contributed by atoms with E-state index in [9.17, 15) is 4.79 Å². The SMILES string of the molecule is C#CCOc1ccc(/C=C2/C(=O)ON=C2C)cc1OC. The molecule has 5 nitrogen and oxygen atoms in total. The highest BCUT2D eigenvalue weighted by Gasteiger charge is 2.21. The maximum absolute atomic E-state index is 11.5. The van der Waals surface area contributed by atoms with Gasteiger partial charge < -0.3 is 14.3 Å². The Hall–Kier alpha value is -2.74. The van der Waals surface area contributed by atoms with E-state index in [0.717, 1.165) is 5.56 Å². The summed E-state index contributed by atoms with van der Waals surface area (Å²) in [6.07, 6.45) is 6.83. The fourth-order valence-electron chi connectivity index (χ4n) is 1.70. The van der Waals surface area contributed by atoms with Gasteiger partial charge in [0.1, 0.15) is 6.61 Å². The fraction of sp³-hybridized carbons (Fsp3) is 0.200. The van der Waals surface area contributed by atoms with Gasteiger partial charge in [0.25, 0.3) is 0 Å². The maximum Gasteiger partial charge on any atom is 0.367 e. The van der Waals surface area contributed by atoms with E-state index >= 15 is 0 Å². The largest absolute Gasteiger partial charge is 0.493 e. The lowest BCUT2D eigenvalue weighted by molar-refractivity contribution is -0.136. The van der Waals surface area contributed by atoms with Crippen molar-refractivity contribution in [3.8, 4) is 23.8 Å². The predicted octanol–water partition coefficient (Wildman–Crippen LogP) is 2.02. The van der Waals surface area contributed by atoms with Crippen molar-refractivity contribution in [1.29, 1.82) is 0 Å². The van der Waals surface area contributed by atoms with Crippen LogP contribution >= 0.6 is 0 Å². The van der Waals surface area contributed by atoms with E-state index in [1.165, 1.54) is 7.11 Å². The second-order valence-electron chi connectivity index (χ2n) is 4.02. The minimum absolute atomic E-state index is 0.162. The first-order valence-electron chi connectivity index (χ1n) is 5.88. The molecule has 0 atom stereocenters. The Labute approximate surface area is 116 Å². The van der Waals surface area contributed by atoms with Crippen LogP contribution in [0.5, 0.6) is 11.5 Å². The molecule has 1 aromatic rings. The monoisotopic (exact) mass is 271 g/mol. The van der Waals surface area contributed by atoms with Crippen molar-refractivity contribution in [3.63, 3.8) is 0 Å². The molecule has 102 valence electrons. The van der Waals surface area contributed by atoms with Crippen molar-refractivity contribution in [3.05, 3.63) is 29.3 Å². The molecule has 0 aliphatic carbocycles. The van der Waals surface area contributed by atoms with Crippen LogP contribution in [-0.4, -0.2) is 25.4 Å². The van der Waals surface area contributed by atoms with E-state index in [2.05, 4.69) is 15.9 Å². The van der Waals surface area contributed by atoms with Crippen molar-refractivity contribution < 1.29 is 19.1 Å². The summed E-state index contributed by atoms with van der Waals surface area (Å²) >= 11 is 0. The summed E-state index contributed by atoms with van der Waals surface area (Å²) in [4.78, 5) is 16.1. The first kappa shape index (κ1) is 13.7. The molecule has 0 saturated heterocycles. The highest BCUT2D eigenvalue weighted by molar-refractivity contribution is 6.24. The van der Waals surface area contributed by atoms with Gasteiger partial charge in [-0.3, -0.25) is 0 Å². The van der Waals surface area contributed by atoms with Gasteiger partial charge in [-0.1, -0.05) is 17.1 Å². The smallest absolute Gasteiger partial charge is 0.367 e. The molecule has 1 heterocycles. The third-order valence-corrected chi connectivity index (χ3v) is 2.68. The van der Waals surface area contributed by atoms with Crippen LogP contribution in [0, 0.1) is 12.3 Å². The van der Waals surface area contributed by atoms with Crippen LogP contribution in [-0.2, 0) is 9.63 Å². The van der Waals surface area contributed by atoms with E-state index in [-0.39, 0.29) is 6.61 Å². The number of carbonyl (C=O) groups is 1. The Morgan fingerprint density at radius 3 is 2.85 bits per heavy atom. The van der Waals surface area contributed by atoms with Gasteiger partial charge in [-0.2, -0.15) is 0 Å². The second-order valence-corrected chi connectivity index (χ2v) is 4.02. The molecule has 0 radical (unpaired) electrons. The Kier molecular flexibility index (Phi) is 4.06. The second kappa shape index (κ2) is 5.93. The third-order valence-electron chi connectivity index (χ3n) is 2.68. The van der Waals surface area contributed by atoms with Crippen LogP contribution in [0.25, 0.3) is 6.08 Å². The average molecular weight is 271 g/mol. The first-order chi connectivity index (χ1) is 9.65. The molecule has 2 rings (SSSR count). The van der Waals surface area contributed by atoms with Gasteiger partial charge in [-0.15, -0.1) is 6.42 Å². The maximum atomic E-state index is 11.5. The van der Waals surface area contributed by atoms with Crippen LogP contribution in [0.2, 0.25) is 0 Å². The lowest BCUT2D eigenvalue weighted by atomic mass is 10.1. The van der Waals surface area contributed by atoms with Gasteiger partial charge in [0, 0.05) is 0 Å². The quantitative estimate of drug-likeness (QED) is 0.477. The molecule has 20 heavy (non-hydrogen) atoms. The summed E-state index contributed by atoms with van der Waals surface area (Å²) in [7, 11) is 1.53. The summed E-state index contributed by atoms with van der Waals surface area (Å²) in [6, 6.07) is 5.27.